The Hall–Kier alpha value is -1.08. The molecule has 0 radical (unpaired) electrons. The summed E-state index contributed by atoms with van der Waals surface area (Å²) in [5.41, 5.74) is 3.62. The van der Waals surface area contributed by atoms with E-state index in [1.165, 1.54) is 0 Å². The van der Waals surface area contributed by atoms with Gasteiger partial charge in [-0.1, -0.05) is 17.7 Å². The van der Waals surface area contributed by atoms with Crippen molar-refractivity contribution in [1.29, 1.82) is 0 Å². The summed E-state index contributed by atoms with van der Waals surface area (Å²) in [4.78, 5) is 12.0. The molecule has 0 atom stereocenters. The first kappa shape index (κ1) is 15.3. The number of amides is 1. The summed E-state index contributed by atoms with van der Waals surface area (Å²) in [6.07, 6.45) is 0. The van der Waals surface area contributed by atoms with Crippen LogP contribution < -0.4 is 5.32 Å². The Morgan fingerprint density at radius 1 is 1.40 bits per heavy atom. The predicted molar refractivity (Wildman–Crippen MR) is 89.2 cm³/mol. The quantitative estimate of drug-likeness (QED) is 0.794. The minimum absolute atomic E-state index is 0.119. The van der Waals surface area contributed by atoms with Gasteiger partial charge in [0, 0.05) is 16.4 Å². The van der Waals surface area contributed by atoms with Crippen LogP contribution in [0.3, 0.4) is 0 Å². The highest BCUT2D eigenvalue weighted by atomic mass is 127. The molecule has 0 aliphatic carbocycles. The Morgan fingerprint density at radius 2 is 2.10 bits per heavy atom. The maximum atomic E-state index is 12.0. The molecule has 20 heavy (non-hydrogen) atoms. The van der Waals surface area contributed by atoms with Gasteiger partial charge in [0.05, 0.1) is 9.26 Å². The van der Waals surface area contributed by atoms with Crippen molar-refractivity contribution in [3.8, 4) is 0 Å². The van der Waals surface area contributed by atoms with E-state index in [2.05, 4.69) is 33.0 Å². The summed E-state index contributed by atoms with van der Waals surface area (Å²) in [5.74, 6) is -0.119. The molecule has 1 aromatic heterocycles. The van der Waals surface area contributed by atoms with Crippen molar-refractivity contribution in [1.82, 2.24) is 9.78 Å². The van der Waals surface area contributed by atoms with Crippen LogP contribution >= 0.6 is 34.2 Å². The fourth-order valence-electron chi connectivity index (χ4n) is 1.84. The van der Waals surface area contributed by atoms with Gasteiger partial charge in [-0.3, -0.25) is 9.48 Å². The van der Waals surface area contributed by atoms with Crippen LogP contribution in [0.4, 0.5) is 5.69 Å². The summed E-state index contributed by atoms with van der Waals surface area (Å²) in [6.45, 7) is 6.01. The number of hydrogen-bond donors (Lipinski definition) is 1. The summed E-state index contributed by atoms with van der Waals surface area (Å²) in [5, 5.41) is 7.82. The molecule has 0 spiro atoms. The molecule has 0 saturated carbocycles. The van der Waals surface area contributed by atoms with Crippen LogP contribution in [0.5, 0.6) is 0 Å². The normalized spacial score (nSPS) is 10.7. The average Bonchev–Trinajstić information content (AvgIpc) is 2.61. The van der Waals surface area contributed by atoms with Gasteiger partial charge in [-0.2, -0.15) is 5.10 Å². The zero-order chi connectivity index (χ0) is 14.9. The number of halogens is 2. The van der Waals surface area contributed by atoms with E-state index in [0.717, 1.165) is 20.5 Å². The number of carbonyl (C=O) groups excluding carboxylic acids is 1. The summed E-state index contributed by atoms with van der Waals surface area (Å²) >= 11 is 8.27. The second kappa shape index (κ2) is 6.13. The van der Waals surface area contributed by atoms with E-state index in [9.17, 15) is 4.79 Å². The summed E-state index contributed by atoms with van der Waals surface area (Å²) in [7, 11) is 0. The molecule has 0 bridgehead atoms. The van der Waals surface area contributed by atoms with Crippen molar-refractivity contribution < 1.29 is 4.79 Å². The van der Waals surface area contributed by atoms with Gasteiger partial charge in [-0.25, -0.2) is 0 Å². The first-order chi connectivity index (χ1) is 9.38. The molecule has 0 saturated heterocycles. The minimum Gasteiger partial charge on any atom is -0.324 e. The van der Waals surface area contributed by atoms with E-state index in [4.69, 9.17) is 11.6 Å². The first-order valence-corrected chi connectivity index (χ1v) is 7.59. The van der Waals surface area contributed by atoms with Gasteiger partial charge >= 0.3 is 0 Å². The fraction of sp³-hybridized carbons (Fsp3) is 0.286. The Kier molecular flexibility index (Phi) is 4.70. The highest BCUT2D eigenvalue weighted by molar-refractivity contribution is 14.1. The predicted octanol–water partition coefficient (Wildman–Crippen LogP) is 3.71. The molecule has 0 aliphatic rings. The molecule has 2 rings (SSSR count). The van der Waals surface area contributed by atoms with Crippen LogP contribution in [0, 0.1) is 24.3 Å². The van der Waals surface area contributed by atoms with E-state index < -0.39 is 0 Å². The number of rotatable bonds is 3. The number of aromatic nitrogens is 2. The maximum Gasteiger partial charge on any atom is 0.246 e. The zero-order valence-electron chi connectivity index (χ0n) is 11.5. The lowest BCUT2D eigenvalue weighted by molar-refractivity contribution is -0.116. The van der Waals surface area contributed by atoms with Crippen LogP contribution in [-0.2, 0) is 11.3 Å². The van der Waals surface area contributed by atoms with Gasteiger partial charge in [-0.15, -0.1) is 0 Å². The Balaban J connectivity index is 2.09. The summed E-state index contributed by atoms with van der Waals surface area (Å²) in [6, 6.07) is 5.47. The lowest BCUT2D eigenvalue weighted by Crippen LogP contribution is -2.20. The van der Waals surface area contributed by atoms with E-state index >= 15 is 0 Å². The Labute approximate surface area is 136 Å². The van der Waals surface area contributed by atoms with Crippen molar-refractivity contribution in [3.05, 3.63) is 43.7 Å². The van der Waals surface area contributed by atoms with Crippen molar-refractivity contribution >= 4 is 45.8 Å². The summed E-state index contributed by atoms with van der Waals surface area (Å²) < 4.78 is 2.80. The van der Waals surface area contributed by atoms with Crippen LogP contribution in [0.15, 0.2) is 18.2 Å². The zero-order valence-corrected chi connectivity index (χ0v) is 14.4. The third kappa shape index (κ3) is 3.32. The maximum absolute atomic E-state index is 12.0. The third-order valence-electron chi connectivity index (χ3n) is 3.04. The Bertz CT molecular complexity index is 667. The number of nitrogens with one attached hydrogen (secondary N) is 1. The molecule has 1 N–H and O–H groups in total. The number of anilines is 1. The molecule has 0 fully saturated rings. The third-order valence-corrected chi connectivity index (χ3v) is 5.01. The van der Waals surface area contributed by atoms with Crippen molar-refractivity contribution in [3.63, 3.8) is 0 Å². The largest absolute Gasteiger partial charge is 0.324 e. The van der Waals surface area contributed by atoms with Crippen molar-refractivity contribution in [2.24, 2.45) is 0 Å². The van der Waals surface area contributed by atoms with Crippen molar-refractivity contribution in [2.75, 3.05) is 5.32 Å². The van der Waals surface area contributed by atoms with Crippen LogP contribution in [0.25, 0.3) is 0 Å². The van der Waals surface area contributed by atoms with E-state index in [1.54, 1.807) is 10.7 Å². The topological polar surface area (TPSA) is 46.9 Å². The molecule has 106 valence electrons. The molecule has 0 unspecified atom stereocenters. The van der Waals surface area contributed by atoms with Gasteiger partial charge in [0.25, 0.3) is 0 Å². The molecule has 6 heteroatoms. The monoisotopic (exact) mass is 403 g/mol. The highest BCUT2D eigenvalue weighted by Crippen LogP contribution is 2.20. The average molecular weight is 404 g/mol. The molecule has 1 heterocycles. The van der Waals surface area contributed by atoms with Gasteiger partial charge in [0.15, 0.2) is 0 Å². The second-order valence-electron chi connectivity index (χ2n) is 4.65. The number of nitrogens with zero attached hydrogens (tertiary/aromatic N) is 2. The Morgan fingerprint density at radius 3 is 2.65 bits per heavy atom. The van der Waals surface area contributed by atoms with E-state index in [0.29, 0.717) is 10.7 Å². The van der Waals surface area contributed by atoms with E-state index in [1.807, 2.05) is 32.9 Å². The highest BCUT2D eigenvalue weighted by Gasteiger charge is 2.12. The lowest BCUT2D eigenvalue weighted by atomic mass is 10.2. The number of hydrogen-bond acceptors (Lipinski definition) is 2. The molecule has 1 aromatic carbocycles. The molecule has 4 nitrogen and oxygen atoms in total. The van der Waals surface area contributed by atoms with Gasteiger partial charge in [0.2, 0.25) is 5.91 Å². The van der Waals surface area contributed by atoms with Crippen LogP contribution in [-0.4, -0.2) is 15.7 Å². The van der Waals surface area contributed by atoms with Gasteiger partial charge in [0.1, 0.15) is 6.54 Å². The van der Waals surface area contributed by atoms with Gasteiger partial charge < -0.3 is 5.32 Å². The SMILES string of the molecule is Cc1ccc(NC(=O)Cn2nc(C)c(I)c2C)cc1Cl. The number of carbonyl (C=O) groups is 1. The van der Waals surface area contributed by atoms with Crippen LogP contribution in [0.2, 0.25) is 5.02 Å². The molecule has 1 amide bonds. The molecular weight excluding hydrogens is 389 g/mol. The first-order valence-electron chi connectivity index (χ1n) is 6.14. The molecule has 2 aromatic rings. The molecular formula is C14H15ClIN3O. The van der Waals surface area contributed by atoms with E-state index in [-0.39, 0.29) is 12.5 Å². The number of aryl methyl sites for hydroxylation is 2. The molecule has 0 aliphatic heterocycles. The number of benzene rings is 1. The fourth-order valence-corrected chi connectivity index (χ4v) is 2.40. The standard InChI is InChI=1S/C14H15ClIN3O/c1-8-4-5-11(6-12(8)15)17-13(20)7-19-10(3)14(16)9(2)18-19/h4-6H,7H2,1-3H3,(H,17,20). The smallest absolute Gasteiger partial charge is 0.246 e. The van der Waals surface area contributed by atoms with Crippen molar-refractivity contribution in [2.45, 2.75) is 27.3 Å². The van der Waals surface area contributed by atoms with Crippen LogP contribution in [0.1, 0.15) is 17.0 Å². The minimum atomic E-state index is -0.119. The second-order valence-corrected chi connectivity index (χ2v) is 6.14. The lowest BCUT2D eigenvalue weighted by Gasteiger charge is -2.08. The van der Waals surface area contributed by atoms with Gasteiger partial charge in [-0.05, 0) is 61.1 Å².